The number of hydrogen-bond acceptors (Lipinski definition) is 9. The summed E-state index contributed by atoms with van der Waals surface area (Å²) in [6.07, 6.45) is 0.515. The van der Waals surface area contributed by atoms with Crippen LogP contribution >= 0.6 is 0 Å². The molecular formula is C18H34O9. The molecule has 0 atom stereocenters. The summed E-state index contributed by atoms with van der Waals surface area (Å²) in [5, 5.41) is 0. The van der Waals surface area contributed by atoms with Gasteiger partial charge in [-0.05, 0) is 13.8 Å². The van der Waals surface area contributed by atoms with E-state index in [2.05, 4.69) is 0 Å². The molecular weight excluding hydrogens is 360 g/mol. The van der Waals surface area contributed by atoms with Gasteiger partial charge < -0.3 is 33.2 Å². The van der Waals surface area contributed by atoms with Crippen molar-refractivity contribution < 1.29 is 42.7 Å². The smallest absolute Gasteiger partial charge is 0.308 e. The summed E-state index contributed by atoms with van der Waals surface area (Å²) in [4.78, 5) is 22.1. The first-order chi connectivity index (χ1) is 13.2. The number of carbonyl (C=O) groups is 2. The lowest BCUT2D eigenvalue weighted by Crippen LogP contribution is -2.14. The summed E-state index contributed by atoms with van der Waals surface area (Å²) in [6.45, 7) is 8.63. The molecule has 0 aromatic rings. The zero-order valence-corrected chi connectivity index (χ0v) is 16.6. The van der Waals surface area contributed by atoms with Gasteiger partial charge in [0.15, 0.2) is 0 Å². The highest BCUT2D eigenvalue weighted by atomic mass is 16.6. The topological polar surface area (TPSA) is 98.8 Å². The van der Waals surface area contributed by atoms with Crippen LogP contribution in [0.4, 0.5) is 0 Å². The van der Waals surface area contributed by atoms with Gasteiger partial charge >= 0.3 is 11.9 Å². The van der Waals surface area contributed by atoms with Gasteiger partial charge in [0.05, 0.1) is 92.1 Å². The third-order valence-electron chi connectivity index (χ3n) is 3.00. The summed E-state index contributed by atoms with van der Waals surface area (Å²) in [5.74, 6) is -0.505. The lowest BCUT2D eigenvalue weighted by atomic mass is 10.5. The molecule has 0 spiro atoms. The molecule has 0 N–H and O–H groups in total. The second-order valence-electron chi connectivity index (χ2n) is 5.17. The van der Waals surface area contributed by atoms with Crippen molar-refractivity contribution in [3.05, 3.63) is 0 Å². The lowest BCUT2D eigenvalue weighted by Gasteiger charge is -2.08. The molecule has 0 bridgehead atoms. The average Bonchev–Trinajstić information content (AvgIpc) is 2.64. The minimum absolute atomic E-state index is 0.253. The third kappa shape index (κ3) is 20.9. The molecule has 9 nitrogen and oxygen atoms in total. The van der Waals surface area contributed by atoms with E-state index in [-0.39, 0.29) is 24.8 Å². The van der Waals surface area contributed by atoms with Crippen LogP contribution in [0.2, 0.25) is 0 Å². The Bertz CT molecular complexity index is 318. The predicted octanol–water partition coefficient (Wildman–Crippen LogP) is 0.976. The second kappa shape index (κ2) is 21.0. The molecule has 0 saturated carbocycles. The van der Waals surface area contributed by atoms with Crippen LogP contribution in [0.5, 0.6) is 0 Å². The van der Waals surface area contributed by atoms with Crippen molar-refractivity contribution in [1.82, 2.24) is 0 Å². The Morgan fingerprint density at radius 2 is 0.741 bits per heavy atom. The van der Waals surface area contributed by atoms with Crippen LogP contribution in [0.25, 0.3) is 0 Å². The van der Waals surface area contributed by atoms with Crippen molar-refractivity contribution in [1.29, 1.82) is 0 Å². The van der Waals surface area contributed by atoms with Crippen LogP contribution in [0.1, 0.15) is 26.7 Å². The molecule has 0 aliphatic heterocycles. The average molecular weight is 394 g/mol. The lowest BCUT2D eigenvalue weighted by molar-refractivity contribution is -0.145. The number of esters is 2. The van der Waals surface area contributed by atoms with Crippen molar-refractivity contribution in [3.8, 4) is 0 Å². The largest absolute Gasteiger partial charge is 0.466 e. The molecule has 0 radical (unpaired) electrons. The second-order valence-corrected chi connectivity index (χ2v) is 5.17. The van der Waals surface area contributed by atoms with Crippen molar-refractivity contribution in [3.63, 3.8) is 0 Å². The molecule has 0 heterocycles. The molecule has 27 heavy (non-hydrogen) atoms. The molecule has 9 heteroatoms. The van der Waals surface area contributed by atoms with E-state index < -0.39 is 0 Å². The van der Waals surface area contributed by atoms with Crippen molar-refractivity contribution in [2.24, 2.45) is 0 Å². The monoisotopic (exact) mass is 394 g/mol. The van der Waals surface area contributed by atoms with E-state index in [9.17, 15) is 9.59 Å². The molecule has 160 valence electrons. The van der Waals surface area contributed by atoms with E-state index in [0.29, 0.717) is 79.3 Å². The van der Waals surface area contributed by atoms with Crippen molar-refractivity contribution in [2.75, 3.05) is 79.3 Å². The maximum absolute atomic E-state index is 11.1. The minimum atomic E-state index is -0.253. The Labute approximate surface area is 161 Å². The van der Waals surface area contributed by atoms with Gasteiger partial charge in [-0.1, -0.05) is 0 Å². The normalized spacial score (nSPS) is 10.7. The first-order valence-corrected chi connectivity index (χ1v) is 9.40. The number of carbonyl (C=O) groups excluding carboxylic acids is 2. The Balaban J connectivity index is 3.09. The van der Waals surface area contributed by atoms with Gasteiger partial charge in [0.2, 0.25) is 0 Å². The first-order valence-electron chi connectivity index (χ1n) is 9.40. The highest BCUT2D eigenvalue weighted by Gasteiger charge is 2.01. The van der Waals surface area contributed by atoms with Crippen LogP contribution in [0.15, 0.2) is 0 Å². The fourth-order valence-electron chi connectivity index (χ4n) is 1.76. The Morgan fingerprint density at radius 1 is 0.481 bits per heavy atom. The minimum Gasteiger partial charge on any atom is -0.466 e. The van der Waals surface area contributed by atoms with Gasteiger partial charge in [-0.25, -0.2) is 0 Å². The standard InChI is InChI=1S/C18H34O9/c1-3-26-17(19)5-7-21-9-11-23-13-15-25-16-14-24-12-10-22-8-6-18(20)27-4-2/h3-16H2,1-2H3. The Hall–Kier alpha value is -1.26. The third-order valence-corrected chi connectivity index (χ3v) is 3.00. The predicted molar refractivity (Wildman–Crippen MR) is 96.6 cm³/mol. The van der Waals surface area contributed by atoms with Crippen molar-refractivity contribution >= 4 is 11.9 Å². The quantitative estimate of drug-likeness (QED) is 0.221. The van der Waals surface area contributed by atoms with Crippen LogP contribution in [0, 0.1) is 0 Å². The van der Waals surface area contributed by atoms with Crippen molar-refractivity contribution in [2.45, 2.75) is 26.7 Å². The molecule has 0 fully saturated rings. The van der Waals surface area contributed by atoms with Crippen LogP contribution < -0.4 is 0 Å². The molecule has 0 rings (SSSR count). The number of ether oxygens (including phenoxy) is 7. The fraction of sp³-hybridized carbons (Fsp3) is 0.889. The Morgan fingerprint density at radius 3 is 1.00 bits per heavy atom. The van der Waals surface area contributed by atoms with Crippen LogP contribution in [-0.4, -0.2) is 91.2 Å². The summed E-state index contributed by atoms with van der Waals surface area (Å²) in [6, 6.07) is 0. The summed E-state index contributed by atoms with van der Waals surface area (Å²) in [7, 11) is 0. The first kappa shape index (κ1) is 25.7. The van der Waals surface area contributed by atoms with E-state index in [1.54, 1.807) is 13.8 Å². The maximum Gasteiger partial charge on any atom is 0.308 e. The molecule has 0 aromatic carbocycles. The highest BCUT2D eigenvalue weighted by Crippen LogP contribution is 1.90. The summed E-state index contributed by atoms with van der Waals surface area (Å²) < 4.78 is 36.1. The van der Waals surface area contributed by atoms with Crippen LogP contribution in [0.3, 0.4) is 0 Å². The summed E-state index contributed by atoms with van der Waals surface area (Å²) >= 11 is 0. The number of rotatable bonds is 20. The van der Waals surface area contributed by atoms with E-state index >= 15 is 0 Å². The molecule has 0 unspecified atom stereocenters. The molecule has 0 aromatic heterocycles. The van der Waals surface area contributed by atoms with E-state index in [4.69, 9.17) is 33.2 Å². The van der Waals surface area contributed by atoms with Gasteiger partial charge in [-0.3, -0.25) is 9.59 Å². The van der Waals surface area contributed by atoms with Gasteiger partial charge in [-0.15, -0.1) is 0 Å². The van der Waals surface area contributed by atoms with Gasteiger partial charge in [0.25, 0.3) is 0 Å². The highest BCUT2D eigenvalue weighted by molar-refractivity contribution is 5.69. The van der Waals surface area contributed by atoms with Gasteiger partial charge in [0, 0.05) is 0 Å². The summed E-state index contributed by atoms with van der Waals surface area (Å²) in [5.41, 5.74) is 0. The maximum atomic E-state index is 11.1. The molecule has 0 saturated heterocycles. The molecule has 0 aliphatic carbocycles. The van der Waals surface area contributed by atoms with Gasteiger partial charge in [0.1, 0.15) is 0 Å². The zero-order chi connectivity index (χ0) is 20.0. The van der Waals surface area contributed by atoms with E-state index in [1.165, 1.54) is 0 Å². The van der Waals surface area contributed by atoms with E-state index in [1.807, 2.05) is 0 Å². The van der Waals surface area contributed by atoms with Crippen LogP contribution in [-0.2, 0) is 42.7 Å². The fourth-order valence-corrected chi connectivity index (χ4v) is 1.76. The SMILES string of the molecule is CCOC(=O)CCOCCOCCOCCOCCOCCC(=O)OCC. The Kier molecular flexibility index (Phi) is 20.1. The number of hydrogen-bond donors (Lipinski definition) is 0. The van der Waals surface area contributed by atoms with E-state index in [0.717, 1.165) is 0 Å². The zero-order valence-electron chi connectivity index (χ0n) is 16.6. The molecule has 0 aliphatic rings. The molecule has 0 amide bonds. The van der Waals surface area contributed by atoms with Gasteiger partial charge in [-0.2, -0.15) is 0 Å².